The number of aliphatic hydroxyl groups excluding tert-OH is 1. The van der Waals surface area contributed by atoms with Crippen molar-refractivity contribution < 1.29 is 9.84 Å². The highest BCUT2D eigenvalue weighted by atomic mass is 16.5. The molecule has 1 aliphatic heterocycles. The quantitative estimate of drug-likeness (QED) is 0.730. The minimum Gasteiger partial charge on any atom is -0.394 e. The van der Waals surface area contributed by atoms with E-state index in [-0.39, 0.29) is 5.54 Å². The summed E-state index contributed by atoms with van der Waals surface area (Å²) in [6.07, 6.45) is 6.00. The van der Waals surface area contributed by atoms with E-state index in [4.69, 9.17) is 4.74 Å². The monoisotopic (exact) mass is 270 g/mol. The maximum Gasteiger partial charge on any atom is 0.0616 e. The fraction of sp³-hybridized carbons (Fsp3) is 1.00. The van der Waals surface area contributed by atoms with Gasteiger partial charge in [-0.2, -0.15) is 0 Å². The summed E-state index contributed by atoms with van der Waals surface area (Å²) in [5.74, 6) is 0.631. The van der Waals surface area contributed by atoms with Crippen LogP contribution in [0, 0.1) is 5.92 Å². The first-order valence-corrected chi connectivity index (χ1v) is 7.97. The van der Waals surface area contributed by atoms with Crippen molar-refractivity contribution in [3.63, 3.8) is 0 Å². The van der Waals surface area contributed by atoms with Crippen LogP contribution in [0.25, 0.3) is 0 Å². The molecule has 1 saturated heterocycles. The van der Waals surface area contributed by atoms with E-state index in [0.717, 1.165) is 52.2 Å². The molecule has 112 valence electrons. The van der Waals surface area contributed by atoms with E-state index in [1.165, 1.54) is 19.3 Å². The molecule has 0 aromatic carbocycles. The van der Waals surface area contributed by atoms with E-state index in [1.807, 2.05) is 0 Å². The standard InChI is InChI=1S/C15H30N2O2/c1-2-7-16-15(13-18)6-3-4-14(15)5-8-17-9-11-19-12-10-17/h14,16,18H,2-13H2,1H3. The molecule has 0 aromatic rings. The minimum absolute atomic E-state index is 0.00228. The van der Waals surface area contributed by atoms with Gasteiger partial charge in [-0.3, -0.25) is 4.90 Å². The summed E-state index contributed by atoms with van der Waals surface area (Å²) in [7, 11) is 0. The van der Waals surface area contributed by atoms with Crippen LogP contribution in [0.1, 0.15) is 39.0 Å². The van der Waals surface area contributed by atoms with E-state index in [9.17, 15) is 5.11 Å². The fourth-order valence-electron chi connectivity index (χ4n) is 3.60. The summed E-state index contributed by atoms with van der Waals surface area (Å²) in [4.78, 5) is 2.50. The number of rotatable bonds is 7. The highest BCUT2D eigenvalue weighted by Crippen LogP contribution is 2.37. The molecule has 0 amide bonds. The van der Waals surface area contributed by atoms with Crippen molar-refractivity contribution in [1.82, 2.24) is 10.2 Å². The maximum absolute atomic E-state index is 9.85. The molecular formula is C15H30N2O2. The molecule has 19 heavy (non-hydrogen) atoms. The number of hydrogen-bond acceptors (Lipinski definition) is 4. The van der Waals surface area contributed by atoms with Crippen LogP contribution in [0.2, 0.25) is 0 Å². The molecule has 0 radical (unpaired) electrons. The fourth-order valence-corrected chi connectivity index (χ4v) is 3.60. The van der Waals surface area contributed by atoms with Crippen LogP contribution in [0.3, 0.4) is 0 Å². The van der Waals surface area contributed by atoms with Crippen molar-refractivity contribution in [1.29, 1.82) is 0 Å². The van der Waals surface area contributed by atoms with Gasteiger partial charge in [0.25, 0.3) is 0 Å². The van der Waals surface area contributed by atoms with Gasteiger partial charge >= 0.3 is 0 Å². The molecule has 2 atom stereocenters. The zero-order chi connectivity index (χ0) is 13.6. The van der Waals surface area contributed by atoms with E-state index < -0.39 is 0 Å². The first-order chi connectivity index (χ1) is 9.30. The topological polar surface area (TPSA) is 44.7 Å². The van der Waals surface area contributed by atoms with Crippen LogP contribution in [0.4, 0.5) is 0 Å². The lowest BCUT2D eigenvalue weighted by atomic mass is 9.85. The van der Waals surface area contributed by atoms with Gasteiger partial charge in [-0.15, -0.1) is 0 Å². The van der Waals surface area contributed by atoms with Gasteiger partial charge in [0.2, 0.25) is 0 Å². The Morgan fingerprint density at radius 3 is 2.84 bits per heavy atom. The molecule has 2 unspecified atom stereocenters. The Hall–Kier alpha value is -0.160. The third-order valence-electron chi connectivity index (χ3n) is 4.86. The van der Waals surface area contributed by atoms with Gasteiger partial charge in [0.05, 0.1) is 19.8 Å². The largest absolute Gasteiger partial charge is 0.394 e. The van der Waals surface area contributed by atoms with E-state index in [1.54, 1.807) is 0 Å². The average Bonchev–Trinajstić information content (AvgIpc) is 2.87. The van der Waals surface area contributed by atoms with Crippen LogP contribution in [0.5, 0.6) is 0 Å². The molecular weight excluding hydrogens is 240 g/mol. The highest BCUT2D eigenvalue weighted by Gasteiger charge is 2.41. The minimum atomic E-state index is 0.00228. The normalized spacial score (nSPS) is 32.8. The van der Waals surface area contributed by atoms with Crippen molar-refractivity contribution in [3.05, 3.63) is 0 Å². The van der Waals surface area contributed by atoms with Crippen LogP contribution in [-0.2, 0) is 4.74 Å². The first-order valence-electron chi connectivity index (χ1n) is 7.97. The average molecular weight is 270 g/mol. The molecule has 1 aliphatic carbocycles. The molecule has 0 spiro atoms. The van der Waals surface area contributed by atoms with Crippen LogP contribution < -0.4 is 5.32 Å². The van der Waals surface area contributed by atoms with Crippen molar-refractivity contribution in [2.75, 3.05) is 46.0 Å². The zero-order valence-corrected chi connectivity index (χ0v) is 12.4. The molecule has 2 aliphatic rings. The van der Waals surface area contributed by atoms with Gasteiger partial charge < -0.3 is 15.2 Å². The summed E-state index contributed by atoms with van der Waals surface area (Å²) in [5, 5.41) is 13.5. The van der Waals surface area contributed by atoms with Crippen molar-refractivity contribution >= 4 is 0 Å². The van der Waals surface area contributed by atoms with E-state index in [0.29, 0.717) is 12.5 Å². The number of aliphatic hydroxyl groups is 1. The molecule has 2 rings (SSSR count). The van der Waals surface area contributed by atoms with Crippen molar-refractivity contribution in [3.8, 4) is 0 Å². The lowest BCUT2D eigenvalue weighted by molar-refractivity contribution is 0.0312. The molecule has 4 heteroatoms. The Balaban J connectivity index is 1.82. The van der Waals surface area contributed by atoms with Gasteiger partial charge in [-0.25, -0.2) is 0 Å². The van der Waals surface area contributed by atoms with Gasteiger partial charge in [0, 0.05) is 18.6 Å². The lowest BCUT2D eigenvalue weighted by Gasteiger charge is -2.37. The van der Waals surface area contributed by atoms with Crippen LogP contribution in [0.15, 0.2) is 0 Å². The predicted molar refractivity (Wildman–Crippen MR) is 77.3 cm³/mol. The predicted octanol–water partition coefficient (Wildman–Crippen LogP) is 1.24. The van der Waals surface area contributed by atoms with Gasteiger partial charge in [-0.1, -0.05) is 13.3 Å². The van der Waals surface area contributed by atoms with Gasteiger partial charge in [0.1, 0.15) is 0 Å². The van der Waals surface area contributed by atoms with E-state index in [2.05, 4.69) is 17.1 Å². The third-order valence-corrected chi connectivity index (χ3v) is 4.86. The third kappa shape index (κ3) is 3.91. The summed E-state index contributed by atoms with van der Waals surface area (Å²) in [5.41, 5.74) is 0.00228. The second kappa shape index (κ2) is 7.58. The van der Waals surface area contributed by atoms with Gasteiger partial charge in [-0.05, 0) is 44.7 Å². The lowest BCUT2D eigenvalue weighted by Crippen LogP contribution is -2.52. The molecule has 1 saturated carbocycles. The summed E-state index contributed by atoms with van der Waals surface area (Å²) < 4.78 is 5.39. The molecule has 0 aromatic heterocycles. The first kappa shape index (κ1) is 15.2. The van der Waals surface area contributed by atoms with Gasteiger partial charge in [0.15, 0.2) is 0 Å². The maximum atomic E-state index is 9.85. The number of ether oxygens (including phenoxy) is 1. The Labute approximate surface area is 117 Å². The highest BCUT2D eigenvalue weighted by molar-refractivity contribution is 4.99. The van der Waals surface area contributed by atoms with Crippen LogP contribution >= 0.6 is 0 Å². The molecule has 1 heterocycles. The Kier molecular flexibility index (Phi) is 6.07. The number of nitrogens with one attached hydrogen (secondary N) is 1. The second-order valence-electron chi connectivity index (χ2n) is 6.07. The van der Waals surface area contributed by atoms with Crippen LogP contribution in [-0.4, -0.2) is 61.5 Å². The molecule has 4 nitrogen and oxygen atoms in total. The second-order valence-corrected chi connectivity index (χ2v) is 6.07. The van der Waals surface area contributed by atoms with Crippen molar-refractivity contribution in [2.24, 2.45) is 5.92 Å². The number of hydrogen-bond donors (Lipinski definition) is 2. The number of morpholine rings is 1. The molecule has 2 N–H and O–H groups in total. The molecule has 2 fully saturated rings. The van der Waals surface area contributed by atoms with Crippen molar-refractivity contribution in [2.45, 2.75) is 44.6 Å². The smallest absolute Gasteiger partial charge is 0.0616 e. The SMILES string of the molecule is CCCNC1(CO)CCCC1CCN1CCOCC1. The summed E-state index contributed by atoms with van der Waals surface area (Å²) in [6.45, 7) is 8.56. The van der Waals surface area contributed by atoms with E-state index >= 15 is 0 Å². The Bertz CT molecular complexity index is 257. The summed E-state index contributed by atoms with van der Waals surface area (Å²) >= 11 is 0. The summed E-state index contributed by atoms with van der Waals surface area (Å²) in [6, 6.07) is 0. The number of nitrogens with zero attached hydrogens (tertiary/aromatic N) is 1. The Morgan fingerprint density at radius 1 is 1.37 bits per heavy atom. The molecule has 0 bridgehead atoms. The Morgan fingerprint density at radius 2 is 2.16 bits per heavy atom. The zero-order valence-electron chi connectivity index (χ0n) is 12.4.